The molecule has 1 atom stereocenters. The fourth-order valence-corrected chi connectivity index (χ4v) is 2.28. The van der Waals surface area contributed by atoms with Crippen LogP contribution in [0.2, 0.25) is 0 Å². The molecule has 0 amide bonds. The molecule has 2 aromatic rings. The van der Waals surface area contributed by atoms with Crippen LogP contribution >= 0.6 is 11.6 Å². The fourth-order valence-electron chi connectivity index (χ4n) is 1.89. The number of hydrogen-bond acceptors (Lipinski definition) is 3. The van der Waals surface area contributed by atoms with Crippen LogP contribution in [0.3, 0.4) is 0 Å². The van der Waals surface area contributed by atoms with Gasteiger partial charge in [0.2, 0.25) is 0 Å². The number of alkyl halides is 1. The van der Waals surface area contributed by atoms with Gasteiger partial charge in [-0.2, -0.15) is 0 Å². The third-order valence-corrected chi connectivity index (χ3v) is 3.42. The molecule has 1 heterocycles. The molecule has 0 saturated carbocycles. The molecule has 0 aliphatic carbocycles. The van der Waals surface area contributed by atoms with Crippen molar-refractivity contribution in [2.75, 3.05) is 14.2 Å². The maximum atomic E-state index is 14.1. The predicted molar refractivity (Wildman–Crippen MR) is 70.6 cm³/mol. The first-order valence-electron chi connectivity index (χ1n) is 5.68. The lowest BCUT2D eigenvalue weighted by molar-refractivity contribution is 0.351. The molecule has 0 fully saturated rings. The van der Waals surface area contributed by atoms with Crippen LogP contribution in [0.5, 0.6) is 11.5 Å². The van der Waals surface area contributed by atoms with E-state index >= 15 is 0 Å². The monoisotopic (exact) mass is 284 g/mol. The molecule has 5 heteroatoms. The first kappa shape index (κ1) is 13.7. The molecule has 0 aliphatic rings. The molecule has 1 unspecified atom stereocenters. The Labute approximate surface area is 115 Å². The first-order chi connectivity index (χ1) is 9.08. The summed E-state index contributed by atoms with van der Waals surface area (Å²) in [5.74, 6) is 0.981. The molecule has 3 nitrogen and oxygen atoms in total. The normalized spacial score (nSPS) is 12.3. The minimum atomic E-state index is -0.640. The molecule has 19 heavy (non-hydrogen) atoms. The molecule has 1 aromatic carbocycles. The molecule has 0 bridgehead atoms. The smallest absolute Gasteiger partial charge is 0.163 e. The summed E-state index contributed by atoms with van der Waals surface area (Å²) in [6.45, 7) is 1.78. The molecule has 1 aromatic heterocycles. The van der Waals surface area contributed by atoms with E-state index in [9.17, 15) is 4.39 Å². The van der Waals surface area contributed by atoms with Gasteiger partial charge < -0.3 is 13.9 Å². The van der Waals surface area contributed by atoms with Crippen molar-refractivity contribution in [1.82, 2.24) is 0 Å². The Balaban J connectivity index is 2.48. The molecule has 102 valence electrons. The van der Waals surface area contributed by atoms with Gasteiger partial charge in [0.25, 0.3) is 0 Å². The van der Waals surface area contributed by atoms with Crippen molar-refractivity contribution < 1.29 is 18.3 Å². The van der Waals surface area contributed by atoms with Gasteiger partial charge in [0, 0.05) is 17.2 Å². The van der Waals surface area contributed by atoms with Crippen LogP contribution in [0.1, 0.15) is 22.3 Å². The fraction of sp³-hybridized carbons (Fsp3) is 0.286. The highest BCUT2D eigenvalue weighted by molar-refractivity contribution is 6.22. The Morgan fingerprint density at radius 2 is 1.79 bits per heavy atom. The molecule has 0 aliphatic heterocycles. The molecular weight excluding hydrogens is 271 g/mol. The second kappa shape index (κ2) is 5.53. The second-order valence-corrected chi connectivity index (χ2v) is 4.46. The number of methoxy groups -OCH3 is 2. The van der Waals surface area contributed by atoms with Gasteiger partial charge in [-0.25, -0.2) is 4.39 Å². The van der Waals surface area contributed by atoms with Crippen LogP contribution < -0.4 is 9.47 Å². The number of halogens is 2. The summed E-state index contributed by atoms with van der Waals surface area (Å²) >= 11 is 6.31. The SMILES string of the molecule is COc1cc(F)c(C(Cl)c2ccoc2C)cc1OC. The Kier molecular flexibility index (Phi) is 4.00. The Morgan fingerprint density at radius 3 is 2.32 bits per heavy atom. The summed E-state index contributed by atoms with van der Waals surface area (Å²) in [7, 11) is 2.95. The van der Waals surface area contributed by atoms with Crippen LogP contribution in [0.4, 0.5) is 4.39 Å². The van der Waals surface area contributed by atoms with Crippen molar-refractivity contribution in [2.45, 2.75) is 12.3 Å². The summed E-state index contributed by atoms with van der Waals surface area (Å²) in [5.41, 5.74) is 1.05. The van der Waals surface area contributed by atoms with Crippen molar-refractivity contribution in [3.05, 3.63) is 47.2 Å². The van der Waals surface area contributed by atoms with E-state index in [2.05, 4.69) is 0 Å². The zero-order valence-corrected chi connectivity index (χ0v) is 11.6. The predicted octanol–water partition coefficient (Wildman–Crippen LogP) is 4.07. The van der Waals surface area contributed by atoms with Gasteiger partial charge in [0.15, 0.2) is 11.5 Å². The Bertz CT molecular complexity index is 580. The standard InChI is InChI=1S/C14H14ClFO3/c1-8-9(4-5-19-8)14(15)10-6-12(17-2)13(18-3)7-11(10)16/h4-7,14H,1-3H3. The van der Waals surface area contributed by atoms with E-state index in [0.717, 1.165) is 5.56 Å². The third kappa shape index (κ3) is 2.54. The highest BCUT2D eigenvalue weighted by atomic mass is 35.5. The molecule has 0 saturated heterocycles. The molecule has 0 spiro atoms. The summed E-state index contributed by atoms with van der Waals surface area (Å²) in [6.07, 6.45) is 1.53. The maximum Gasteiger partial charge on any atom is 0.163 e. The van der Waals surface area contributed by atoms with Crippen LogP contribution in [0.25, 0.3) is 0 Å². The van der Waals surface area contributed by atoms with Gasteiger partial charge in [0.1, 0.15) is 11.6 Å². The van der Waals surface area contributed by atoms with Crippen molar-refractivity contribution in [2.24, 2.45) is 0 Å². The molecule has 0 N–H and O–H groups in total. The van der Waals surface area contributed by atoms with Crippen molar-refractivity contribution in [3.8, 4) is 11.5 Å². The molecule has 2 rings (SSSR count). The van der Waals surface area contributed by atoms with Gasteiger partial charge in [-0.3, -0.25) is 0 Å². The lowest BCUT2D eigenvalue weighted by Gasteiger charge is -2.14. The highest BCUT2D eigenvalue weighted by Gasteiger charge is 2.21. The van der Waals surface area contributed by atoms with Crippen LogP contribution in [-0.4, -0.2) is 14.2 Å². The summed E-state index contributed by atoms with van der Waals surface area (Å²) in [6, 6.07) is 4.53. The van der Waals surface area contributed by atoms with E-state index in [1.54, 1.807) is 13.0 Å². The van der Waals surface area contributed by atoms with Gasteiger partial charge in [-0.1, -0.05) is 0 Å². The zero-order valence-electron chi connectivity index (χ0n) is 10.9. The van der Waals surface area contributed by atoms with Crippen molar-refractivity contribution in [3.63, 3.8) is 0 Å². The number of hydrogen-bond donors (Lipinski definition) is 0. The Hall–Kier alpha value is -1.68. The number of rotatable bonds is 4. The molecular formula is C14H14ClFO3. The van der Waals surface area contributed by atoms with Gasteiger partial charge in [0.05, 0.1) is 25.9 Å². The average Bonchev–Trinajstić information content (AvgIpc) is 2.83. The topological polar surface area (TPSA) is 31.6 Å². The lowest BCUT2D eigenvalue weighted by Crippen LogP contribution is -2.00. The second-order valence-electron chi connectivity index (χ2n) is 4.02. The van der Waals surface area contributed by atoms with Gasteiger partial charge in [-0.05, 0) is 19.1 Å². The quantitative estimate of drug-likeness (QED) is 0.793. The number of furan rings is 1. The minimum absolute atomic E-state index is 0.323. The van der Waals surface area contributed by atoms with E-state index < -0.39 is 11.2 Å². The van der Waals surface area contributed by atoms with Crippen LogP contribution in [0, 0.1) is 12.7 Å². The first-order valence-corrected chi connectivity index (χ1v) is 6.11. The maximum absolute atomic E-state index is 14.1. The van der Waals surface area contributed by atoms with Gasteiger partial charge >= 0.3 is 0 Å². The van der Waals surface area contributed by atoms with E-state index in [1.165, 1.54) is 32.6 Å². The highest BCUT2D eigenvalue weighted by Crippen LogP contribution is 2.38. The summed E-state index contributed by atoms with van der Waals surface area (Å²) < 4.78 is 29.5. The lowest BCUT2D eigenvalue weighted by atomic mass is 10.0. The number of benzene rings is 1. The van der Waals surface area contributed by atoms with Gasteiger partial charge in [-0.15, -0.1) is 11.6 Å². The van der Waals surface area contributed by atoms with E-state index in [4.69, 9.17) is 25.5 Å². The Morgan fingerprint density at radius 1 is 1.16 bits per heavy atom. The van der Waals surface area contributed by atoms with Crippen molar-refractivity contribution >= 4 is 11.6 Å². The number of aryl methyl sites for hydroxylation is 1. The van der Waals surface area contributed by atoms with E-state index in [-0.39, 0.29) is 0 Å². The van der Waals surface area contributed by atoms with Crippen LogP contribution in [-0.2, 0) is 0 Å². The largest absolute Gasteiger partial charge is 0.493 e. The van der Waals surface area contributed by atoms with E-state index in [1.807, 2.05) is 0 Å². The third-order valence-electron chi connectivity index (χ3n) is 2.95. The summed E-state index contributed by atoms with van der Waals surface area (Å²) in [5, 5.41) is -0.640. The van der Waals surface area contributed by atoms with E-state index in [0.29, 0.717) is 22.8 Å². The average molecular weight is 285 g/mol. The number of ether oxygens (including phenoxy) is 2. The summed E-state index contributed by atoms with van der Waals surface area (Å²) in [4.78, 5) is 0. The van der Waals surface area contributed by atoms with Crippen LogP contribution in [0.15, 0.2) is 28.9 Å². The zero-order chi connectivity index (χ0) is 14.0. The van der Waals surface area contributed by atoms with Crippen molar-refractivity contribution in [1.29, 1.82) is 0 Å². The molecule has 0 radical (unpaired) electrons. The minimum Gasteiger partial charge on any atom is -0.493 e.